The van der Waals surface area contributed by atoms with Crippen LogP contribution in [-0.2, 0) is 6.54 Å². The first-order valence-electron chi connectivity index (χ1n) is 7.16. The van der Waals surface area contributed by atoms with E-state index < -0.39 is 24.2 Å². The minimum atomic E-state index is -5.15. The molecule has 0 saturated heterocycles. The number of ether oxygens (including phenoxy) is 2. The zero-order chi connectivity index (χ0) is 19.0. The van der Waals surface area contributed by atoms with Crippen LogP contribution in [0.5, 0.6) is 11.5 Å². The van der Waals surface area contributed by atoms with Crippen LogP contribution in [0.2, 0.25) is 0 Å². The fraction of sp³-hybridized carbons (Fsp3) is 0.467. The summed E-state index contributed by atoms with van der Waals surface area (Å²) in [7, 11) is 3.67. The standard InChI is InChI=1S/C15H16F6N2O2/c1-9(22(2)3)8-23-5-4-10-6-12(24-14(16,17)18)13(7-11(10)23)25-15(19,20)21/h4-7,9H,8H2,1-3H3/t9-/m0/s1. The van der Waals surface area contributed by atoms with E-state index in [1.165, 1.54) is 6.07 Å². The van der Waals surface area contributed by atoms with Crippen LogP contribution < -0.4 is 9.47 Å². The van der Waals surface area contributed by atoms with E-state index in [4.69, 9.17) is 0 Å². The predicted molar refractivity (Wildman–Crippen MR) is 78.5 cm³/mol. The maximum Gasteiger partial charge on any atom is 0.573 e. The summed E-state index contributed by atoms with van der Waals surface area (Å²) in [5.74, 6) is -2.09. The summed E-state index contributed by atoms with van der Waals surface area (Å²) in [5, 5.41) is 0.305. The van der Waals surface area contributed by atoms with Crippen molar-refractivity contribution in [2.24, 2.45) is 0 Å². The highest BCUT2D eigenvalue weighted by Gasteiger charge is 2.37. The lowest BCUT2D eigenvalue weighted by molar-refractivity contribution is -0.287. The van der Waals surface area contributed by atoms with Gasteiger partial charge in [0.2, 0.25) is 0 Å². The molecule has 0 N–H and O–H groups in total. The Bertz CT molecular complexity index is 736. The number of nitrogens with zero attached hydrogens (tertiary/aromatic N) is 2. The van der Waals surface area contributed by atoms with Gasteiger partial charge in [0, 0.05) is 30.2 Å². The van der Waals surface area contributed by atoms with Crippen LogP contribution >= 0.6 is 0 Å². The van der Waals surface area contributed by atoms with Crippen molar-refractivity contribution in [1.29, 1.82) is 0 Å². The van der Waals surface area contributed by atoms with Crippen LogP contribution in [0.4, 0.5) is 26.3 Å². The van der Waals surface area contributed by atoms with Gasteiger partial charge in [0.15, 0.2) is 11.5 Å². The Labute approximate surface area is 139 Å². The molecule has 0 bridgehead atoms. The number of hydrogen-bond acceptors (Lipinski definition) is 3. The smallest absolute Gasteiger partial charge is 0.402 e. The van der Waals surface area contributed by atoms with Gasteiger partial charge >= 0.3 is 12.7 Å². The number of halogens is 6. The van der Waals surface area contributed by atoms with E-state index in [0.29, 0.717) is 17.4 Å². The second kappa shape index (κ2) is 6.66. The van der Waals surface area contributed by atoms with Gasteiger partial charge in [-0.3, -0.25) is 0 Å². The third-order valence-corrected chi connectivity index (χ3v) is 3.63. The lowest BCUT2D eigenvalue weighted by atomic mass is 10.2. The lowest BCUT2D eigenvalue weighted by Crippen LogP contribution is -2.28. The molecule has 0 amide bonds. The highest BCUT2D eigenvalue weighted by Crippen LogP contribution is 2.39. The van der Waals surface area contributed by atoms with Crippen LogP contribution in [0.15, 0.2) is 24.4 Å². The molecule has 2 rings (SSSR count). The van der Waals surface area contributed by atoms with E-state index in [1.54, 1.807) is 10.8 Å². The molecule has 4 nitrogen and oxygen atoms in total. The van der Waals surface area contributed by atoms with Crippen molar-refractivity contribution in [3.63, 3.8) is 0 Å². The first-order chi connectivity index (χ1) is 11.4. The first kappa shape index (κ1) is 19.2. The number of benzene rings is 1. The van der Waals surface area contributed by atoms with E-state index in [9.17, 15) is 26.3 Å². The minimum Gasteiger partial charge on any atom is -0.402 e. The summed E-state index contributed by atoms with van der Waals surface area (Å²) < 4.78 is 84.0. The minimum absolute atomic E-state index is 0.0497. The van der Waals surface area contributed by atoms with Crippen molar-refractivity contribution in [3.8, 4) is 11.5 Å². The molecule has 0 unspecified atom stereocenters. The van der Waals surface area contributed by atoms with Gasteiger partial charge in [-0.1, -0.05) is 0 Å². The molecule has 25 heavy (non-hydrogen) atoms. The molecule has 0 spiro atoms. The van der Waals surface area contributed by atoms with Crippen molar-refractivity contribution >= 4 is 10.9 Å². The molecular formula is C15H16F6N2O2. The molecule has 1 aromatic carbocycles. The molecule has 0 saturated carbocycles. The third kappa shape index (κ3) is 5.18. The largest absolute Gasteiger partial charge is 0.573 e. The Hall–Kier alpha value is -2.10. The molecule has 0 radical (unpaired) electrons. The molecule has 0 fully saturated rings. The van der Waals surface area contributed by atoms with E-state index in [-0.39, 0.29) is 6.04 Å². The summed E-state index contributed by atoms with van der Waals surface area (Å²) in [6.07, 6.45) is -8.70. The molecule has 1 aromatic heterocycles. The summed E-state index contributed by atoms with van der Waals surface area (Å²) in [6.45, 7) is 2.33. The number of hydrogen-bond donors (Lipinski definition) is 0. The average Bonchev–Trinajstić information content (AvgIpc) is 2.78. The van der Waals surface area contributed by atoms with Gasteiger partial charge in [-0.05, 0) is 33.2 Å². The van der Waals surface area contributed by atoms with Crippen LogP contribution in [0.1, 0.15) is 6.92 Å². The number of alkyl halides is 6. The van der Waals surface area contributed by atoms with E-state index in [1.807, 2.05) is 25.9 Å². The van der Waals surface area contributed by atoms with Crippen LogP contribution in [0.25, 0.3) is 10.9 Å². The molecule has 0 aliphatic carbocycles. The molecule has 0 aliphatic heterocycles. The third-order valence-electron chi connectivity index (χ3n) is 3.63. The van der Waals surface area contributed by atoms with Gasteiger partial charge in [0.25, 0.3) is 0 Å². The van der Waals surface area contributed by atoms with Crippen molar-refractivity contribution in [1.82, 2.24) is 9.47 Å². The van der Waals surface area contributed by atoms with Gasteiger partial charge in [-0.25, -0.2) is 0 Å². The topological polar surface area (TPSA) is 26.6 Å². The molecule has 10 heteroatoms. The normalized spacial score (nSPS) is 14.2. The predicted octanol–water partition coefficient (Wildman–Crippen LogP) is 4.39. The highest BCUT2D eigenvalue weighted by molar-refractivity contribution is 5.84. The second-order valence-electron chi connectivity index (χ2n) is 5.73. The lowest BCUT2D eigenvalue weighted by Gasteiger charge is -2.21. The van der Waals surface area contributed by atoms with Crippen molar-refractivity contribution < 1.29 is 35.8 Å². The highest BCUT2D eigenvalue weighted by atomic mass is 19.4. The summed E-state index contributed by atoms with van der Waals surface area (Å²) >= 11 is 0. The quantitative estimate of drug-likeness (QED) is 0.731. The van der Waals surface area contributed by atoms with Crippen molar-refractivity contribution in [2.75, 3.05) is 14.1 Å². The summed E-state index contributed by atoms with van der Waals surface area (Å²) in [5.41, 5.74) is 0.308. The second-order valence-corrected chi connectivity index (χ2v) is 5.73. The molecule has 0 aliphatic rings. The van der Waals surface area contributed by atoms with Gasteiger partial charge in [-0.15, -0.1) is 26.3 Å². The number of likely N-dealkylation sites (N-methyl/N-ethyl adjacent to an activating group) is 1. The van der Waals surface area contributed by atoms with Crippen LogP contribution in [-0.4, -0.2) is 42.3 Å². The van der Waals surface area contributed by atoms with E-state index in [0.717, 1.165) is 12.1 Å². The monoisotopic (exact) mass is 370 g/mol. The Morgan fingerprint density at radius 1 is 1.00 bits per heavy atom. The van der Waals surface area contributed by atoms with Crippen LogP contribution in [0.3, 0.4) is 0 Å². The molecular weight excluding hydrogens is 354 g/mol. The number of fused-ring (bicyclic) bond motifs is 1. The zero-order valence-electron chi connectivity index (χ0n) is 13.6. The fourth-order valence-electron chi connectivity index (χ4n) is 2.21. The first-order valence-corrected chi connectivity index (χ1v) is 7.16. The maximum atomic E-state index is 12.5. The van der Waals surface area contributed by atoms with Gasteiger partial charge < -0.3 is 18.9 Å². The summed E-state index contributed by atoms with van der Waals surface area (Å²) in [4.78, 5) is 1.90. The Kier molecular flexibility index (Phi) is 5.12. The Balaban J connectivity index is 2.49. The van der Waals surface area contributed by atoms with Gasteiger partial charge in [0.1, 0.15) is 0 Å². The molecule has 140 valence electrons. The average molecular weight is 370 g/mol. The molecule has 1 atom stereocenters. The summed E-state index contributed by atoms with van der Waals surface area (Å²) in [6, 6.07) is 3.32. The zero-order valence-corrected chi connectivity index (χ0v) is 13.6. The molecule has 1 heterocycles. The Morgan fingerprint density at radius 2 is 1.52 bits per heavy atom. The van der Waals surface area contributed by atoms with Crippen LogP contribution in [0, 0.1) is 0 Å². The van der Waals surface area contributed by atoms with E-state index in [2.05, 4.69) is 9.47 Å². The number of aromatic nitrogens is 1. The van der Waals surface area contributed by atoms with Crippen molar-refractivity contribution in [2.45, 2.75) is 32.2 Å². The van der Waals surface area contributed by atoms with E-state index >= 15 is 0 Å². The van der Waals surface area contributed by atoms with Crippen molar-refractivity contribution in [3.05, 3.63) is 24.4 Å². The molecule has 2 aromatic rings. The Morgan fingerprint density at radius 3 is 2.00 bits per heavy atom. The van der Waals surface area contributed by atoms with Gasteiger partial charge in [-0.2, -0.15) is 0 Å². The maximum absolute atomic E-state index is 12.5. The van der Waals surface area contributed by atoms with Gasteiger partial charge in [0.05, 0.1) is 5.52 Å². The SMILES string of the molecule is C[C@@H](Cn1ccc2cc(OC(F)(F)F)c(OC(F)(F)F)cc21)N(C)C. The fourth-order valence-corrected chi connectivity index (χ4v) is 2.21. The number of rotatable bonds is 5.